The summed E-state index contributed by atoms with van der Waals surface area (Å²) in [6, 6.07) is 48.4. The number of benzene rings is 5. The van der Waals surface area contributed by atoms with E-state index in [1.54, 1.807) is 11.1 Å². The van der Waals surface area contributed by atoms with Gasteiger partial charge in [-0.3, -0.25) is 0 Å². The molecule has 0 heterocycles. The smallest absolute Gasteiger partial charge is 0.0467 e. The van der Waals surface area contributed by atoms with Gasteiger partial charge >= 0.3 is 0 Å². The molecule has 49 heavy (non-hydrogen) atoms. The average Bonchev–Trinajstić information content (AvgIpc) is 3.14. The van der Waals surface area contributed by atoms with E-state index >= 15 is 0 Å². The fourth-order valence-electron chi connectivity index (χ4n) is 10.3. The van der Waals surface area contributed by atoms with Crippen molar-refractivity contribution in [1.82, 2.24) is 0 Å². The van der Waals surface area contributed by atoms with Gasteiger partial charge in [0.1, 0.15) is 0 Å². The van der Waals surface area contributed by atoms with Gasteiger partial charge in [-0.1, -0.05) is 130 Å². The van der Waals surface area contributed by atoms with Crippen molar-refractivity contribution >= 4 is 23.1 Å². The van der Waals surface area contributed by atoms with Gasteiger partial charge in [-0.25, -0.2) is 0 Å². The Kier molecular flexibility index (Phi) is 8.79. The Bertz CT molecular complexity index is 1850. The van der Waals surface area contributed by atoms with Crippen LogP contribution in [-0.4, -0.2) is 0 Å². The largest absolute Gasteiger partial charge is 0.310 e. The molecule has 248 valence electrons. The van der Waals surface area contributed by atoms with Crippen LogP contribution in [0.2, 0.25) is 0 Å². The summed E-state index contributed by atoms with van der Waals surface area (Å²) in [7, 11) is 0. The lowest BCUT2D eigenvalue weighted by Gasteiger charge is -2.63. The van der Waals surface area contributed by atoms with Crippen LogP contribution in [0.5, 0.6) is 0 Å². The maximum atomic E-state index is 4.00. The zero-order valence-electron chi connectivity index (χ0n) is 29.3. The molecule has 4 saturated carbocycles. The molecular weight excluding hydrogens is 591 g/mol. The molecule has 0 aromatic heterocycles. The summed E-state index contributed by atoms with van der Waals surface area (Å²) in [6.45, 7) is 6.28. The second kappa shape index (κ2) is 13.5. The molecule has 4 bridgehead atoms. The van der Waals surface area contributed by atoms with Crippen LogP contribution < -0.4 is 4.90 Å². The standard InChI is InChI=1S/C48H51N/c1-3-5-6-8-12-37-19-25-44(26-20-37)49(46-16-11-15-41(30-46)40-13-9-7-10-14-40)45-27-23-43(24-28-45)48-33-38-29-39(34-48)32-47(31-38,35-48)42-21-17-36(4-2)18-22-42/h4,7,9-11,13-28,30,38-39H,2-3,5-6,8,12,29,31-35H2,1H3. The van der Waals surface area contributed by atoms with Crippen LogP contribution in [0.3, 0.4) is 0 Å². The first-order chi connectivity index (χ1) is 24.1. The van der Waals surface area contributed by atoms with Gasteiger partial charge in [0.25, 0.3) is 0 Å². The van der Waals surface area contributed by atoms with E-state index in [1.807, 2.05) is 6.08 Å². The molecule has 4 aliphatic carbocycles. The van der Waals surface area contributed by atoms with Crippen LogP contribution in [-0.2, 0) is 17.3 Å². The first kappa shape index (κ1) is 31.9. The summed E-state index contributed by atoms with van der Waals surface area (Å²) in [5.41, 5.74) is 12.5. The lowest BCUT2D eigenvalue weighted by Crippen LogP contribution is -2.55. The normalized spacial score (nSPS) is 23.8. The van der Waals surface area contributed by atoms with Crippen molar-refractivity contribution in [3.63, 3.8) is 0 Å². The van der Waals surface area contributed by atoms with Crippen molar-refractivity contribution in [3.05, 3.63) is 156 Å². The number of hydrogen-bond acceptors (Lipinski definition) is 1. The lowest BCUT2D eigenvalue weighted by molar-refractivity contribution is -0.0281. The highest BCUT2D eigenvalue weighted by atomic mass is 15.1. The predicted octanol–water partition coefficient (Wildman–Crippen LogP) is 13.4. The minimum Gasteiger partial charge on any atom is -0.310 e. The minimum absolute atomic E-state index is 0.275. The fourth-order valence-corrected chi connectivity index (χ4v) is 10.3. The molecule has 5 aromatic carbocycles. The highest BCUT2D eigenvalue weighted by Crippen LogP contribution is 2.66. The molecule has 0 aliphatic heterocycles. The molecule has 0 saturated heterocycles. The zero-order valence-corrected chi connectivity index (χ0v) is 29.3. The topological polar surface area (TPSA) is 3.24 Å². The SMILES string of the molecule is C=Cc1ccc(C23CC4CC(C2)CC(c2ccc(N(c5ccc(CCCCCC)cc5)c5cccc(-c6ccccc6)c5)cc2)(C4)C3)cc1. The van der Waals surface area contributed by atoms with Crippen molar-refractivity contribution in [2.75, 3.05) is 4.90 Å². The number of unbranched alkanes of at least 4 members (excludes halogenated alkanes) is 3. The van der Waals surface area contributed by atoms with E-state index in [4.69, 9.17) is 0 Å². The zero-order chi connectivity index (χ0) is 33.3. The molecule has 0 amide bonds. The van der Waals surface area contributed by atoms with Gasteiger partial charge in [0, 0.05) is 17.1 Å². The van der Waals surface area contributed by atoms with E-state index in [2.05, 4.69) is 146 Å². The molecule has 0 N–H and O–H groups in total. The van der Waals surface area contributed by atoms with Crippen molar-refractivity contribution < 1.29 is 0 Å². The molecule has 0 spiro atoms. The van der Waals surface area contributed by atoms with Gasteiger partial charge in [-0.15, -0.1) is 0 Å². The molecule has 4 fully saturated rings. The number of aryl methyl sites for hydroxylation is 1. The van der Waals surface area contributed by atoms with E-state index in [-0.39, 0.29) is 5.41 Å². The van der Waals surface area contributed by atoms with E-state index in [0.717, 1.165) is 18.3 Å². The maximum absolute atomic E-state index is 4.00. The Morgan fingerprint density at radius 2 is 1.20 bits per heavy atom. The Morgan fingerprint density at radius 1 is 0.612 bits per heavy atom. The van der Waals surface area contributed by atoms with Crippen LogP contribution in [0.25, 0.3) is 17.2 Å². The molecule has 4 aliphatic rings. The summed E-state index contributed by atoms with van der Waals surface area (Å²) in [4.78, 5) is 2.46. The van der Waals surface area contributed by atoms with Crippen molar-refractivity contribution in [1.29, 1.82) is 0 Å². The maximum Gasteiger partial charge on any atom is 0.0467 e. The summed E-state index contributed by atoms with van der Waals surface area (Å²) < 4.78 is 0. The van der Waals surface area contributed by atoms with Crippen molar-refractivity contribution in [2.45, 2.75) is 88.4 Å². The fraction of sp³-hybridized carbons (Fsp3) is 0.333. The number of anilines is 3. The van der Waals surface area contributed by atoms with Crippen LogP contribution >= 0.6 is 0 Å². The predicted molar refractivity (Wildman–Crippen MR) is 209 cm³/mol. The van der Waals surface area contributed by atoms with Crippen LogP contribution in [0.4, 0.5) is 17.1 Å². The van der Waals surface area contributed by atoms with Gasteiger partial charge in [0.2, 0.25) is 0 Å². The molecule has 2 atom stereocenters. The second-order valence-corrected chi connectivity index (χ2v) is 15.6. The Morgan fingerprint density at radius 3 is 1.82 bits per heavy atom. The molecule has 0 radical (unpaired) electrons. The van der Waals surface area contributed by atoms with Gasteiger partial charge in [0.05, 0.1) is 0 Å². The molecule has 2 unspecified atom stereocenters. The van der Waals surface area contributed by atoms with Crippen molar-refractivity contribution in [2.24, 2.45) is 11.8 Å². The average molecular weight is 642 g/mol. The van der Waals surface area contributed by atoms with Crippen LogP contribution in [0.1, 0.15) is 93.4 Å². The minimum atomic E-state index is 0.275. The molecule has 9 rings (SSSR count). The van der Waals surface area contributed by atoms with E-state index in [9.17, 15) is 0 Å². The van der Waals surface area contributed by atoms with E-state index in [1.165, 1.54) is 104 Å². The number of rotatable bonds is 12. The lowest BCUT2D eigenvalue weighted by atomic mass is 9.42. The Hall–Kier alpha value is -4.36. The summed E-state index contributed by atoms with van der Waals surface area (Å²) in [5.74, 6) is 1.66. The summed E-state index contributed by atoms with van der Waals surface area (Å²) in [6.07, 6.45) is 16.4. The van der Waals surface area contributed by atoms with Crippen molar-refractivity contribution in [3.8, 4) is 11.1 Å². The second-order valence-electron chi connectivity index (χ2n) is 15.6. The van der Waals surface area contributed by atoms with E-state index in [0.29, 0.717) is 5.41 Å². The highest BCUT2D eigenvalue weighted by Gasteiger charge is 2.58. The molecule has 1 nitrogen and oxygen atoms in total. The number of hydrogen-bond donors (Lipinski definition) is 0. The Labute approximate surface area is 294 Å². The van der Waals surface area contributed by atoms with Gasteiger partial charge in [0.15, 0.2) is 0 Å². The van der Waals surface area contributed by atoms with Crippen LogP contribution in [0, 0.1) is 11.8 Å². The number of nitrogens with zero attached hydrogens (tertiary/aromatic N) is 1. The summed E-state index contributed by atoms with van der Waals surface area (Å²) in [5, 5.41) is 0. The van der Waals surface area contributed by atoms with Gasteiger partial charge in [-0.05, 0) is 144 Å². The summed E-state index contributed by atoms with van der Waals surface area (Å²) >= 11 is 0. The van der Waals surface area contributed by atoms with Gasteiger partial charge in [-0.2, -0.15) is 0 Å². The first-order valence-electron chi connectivity index (χ1n) is 18.9. The molecule has 1 heteroatoms. The van der Waals surface area contributed by atoms with Crippen LogP contribution in [0.15, 0.2) is 134 Å². The third-order valence-corrected chi connectivity index (χ3v) is 12.3. The monoisotopic (exact) mass is 641 g/mol. The van der Waals surface area contributed by atoms with Gasteiger partial charge < -0.3 is 4.90 Å². The van der Waals surface area contributed by atoms with E-state index < -0.39 is 0 Å². The third-order valence-electron chi connectivity index (χ3n) is 12.3. The molecular formula is C48H51N. The highest BCUT2D eigenvalue weighted by molar-refractivity contribution is 5.80. The first-order valence-corrected chi connectivity index (χ1v) is 18.9. The Balaban J connectivity index is 1.13. The quantitative estimate of drug-likeness (QED) is 0.123. The molecule has 5 aromatic rings. The third kappa shape index (κ3) is 6.29.